The fourth-order valence-corrected chi connectivity index (χ4v) is 0.806. The van der Waals surface area contributed by atoms with Crippen molar-refractivity contribution in [3.8, 4) is 0 Å². The van der Waals surface area contributed by atoms with Crippen molar-refractivity contribution in [3.63, 3.8) is 0 Å². The highest BCUT2D eigenvalue weighted by Gasteiger charge is 2.06. The molecule has 0 unspecified atom stereocenters. The van der Waals surface area contributed by atoms with Gasteiger partial charge in [-0.05, 0) is 34.6 Å². The molecule has 66 valence electrons. The van der Waals surface area contributed by atoms with Crippen LogP contribution in [0.4, 0.5) is 0 Å². The van der Waals surface area contributed by atoms with Crippen molar-refractivity contribution in [3.05, 3.63) is 0 Å². The second kappa shape index (κ2) is 4.34. The summed E-state index contributed by atoms with van der Waals surface area (Å²) in [5, 5.41) is 10.5. The van der Waals surface area contributed by atoms with Gasteiger partial charge in [0.25, 0.3) is 0 Å². The van der Waals surface area contributed by atoms with Crippen LogP contribution < -0.4 is 0 Å². The molecule has 0 amide bonds. The largest absolute Gasteiger partial charge is 0.287 e. The summed E-state index contributed by atoms with van der Waals surface area (Å²) < 4.78 is 0. The van der Waals surface area contributed by atoms with E-state index in [4.69, 9.17) is 0 Å². The van der Waals surface area contributed by atoms with E-state index in [9.17, 15) is 5.21 Å². The number of amidine groups is 1. The molecular formula is C8H18N2O. The van der Waals surface area contributed by atoms with E-state index in [2.05, 4.69) is 4.99 Å². The predicted octanol–water partition coefficient (Wildman–Crippen LogP) is 1.91. The fraction of sp³-hybridized carbons (Fsp3) is 0.875. The number of hydrogen-bond acceptors (Lipinski definition) is 2. The van der Waals surface area contributed by atoms with Gasteiger partial charge in [-0.2, -0.15) is 0 Å². The summed E-state index contributed by atoms with van der Waals surface area (Å²) in [5.41, 5.74) is 0. The normalized spacial score (nSPS) is 12.9. The molecule has 0 heterocycles. The molecule has 0 atom stereocenters. The lowest BCUT2D eigenvalue weighted by molar-refractivity contribution is -0.0430. The Balaban J connectivity index is 4.11. The third-order valence-electron chi connectivity index (χ3n) is 1.27. The first-order valence-electron chi connectivity index (χ1n) is 3.97. The maximum Gasteiger partial charge on any atom is 0.121 e. The van der Waals surface area contributed by atoms with Crippen LogP contribution in [0, 0.1) is 0 Å². The number of nitrogens with zero attached hydrogens (tertiary/aromatic N) is 2. The topological polar surface area (TPSA) is 35.8 Å². The lowest BCUT2D eigenvalue weighted by atomic mass is 10.3. The summed E-state index contributed by atoms with van der Waals surface area (Å²) in [6.45, 7) is 9.61. The highest BCUT2D eigenvalue weighted by Crippen LogP contribution is 1.97. The molecule has 11 heavy (non-hydrogen) atoms. The first kappa shape index (κ1) is 10.4. The van der Waals surface area contributed by atoms with Crippen molar-refractivity contribution in [1.82, 2.24) is 5.06 Å². The molecule has 0 saturated heterocycles. The molecule has 0 rings (SSSR count). The Morgan fingerprint density at radius 3 is 2.00 bits per heavy atom. The minimum absolute atomic E-state index is 0.0949. The Kier molecular flexibility index (Phi) is 4.11. The standard InChI is InChI=1S/C8H18N2O/c1-6(2)9-8(5)10(11)7(3)4/h6-7,11H,1-5H3. The van der Waals surface area contributed by atoms with Crippen molar-refractivity contribution in [1.29, 1.82) is 0 Å². The zero-order valence-electron chi connectivity index (χ0n) is 8.00. The van der Waals surface area contributed by atoms with E-state index < -0.39 is 0 Å². The molecule has 0 aliphatic rings. The van der Waals surface area contributed by atoms with Gasteiger partial charge in [0.2, 0.25) is 0 Å². The van der Waals surface area contributed by atoms with E-state index in [0.717, 1.165) is 0 Å². The van der Waals surface area contributed by atoms with Gasteiger partial charge in [-0.15, -0.1) is 0 Å². The average Bonchev–Trinajstić information content (AvgIpc) is 1.84. The number of hydrogen-bond donors (Lipinski definition) is 1. The number of rotatable bonds is 2. The molecule has 0 aliphatic carbocycles. The SMILES string of the molecule is CC(=NC(C)C)N(O)C(C)C. The molecule has 0 radical (unpaired) electrons. The Hall–Kier alpha value is -0.570. The van der Waals surface area contributed by atoms with Gasteiger partial charge < -0.3 is 0 Å². The molecule has 0 saturated carbocycles. The molecule has 0 aromatic carbocycles. The Morgan fingerprint density at radius 2 is 1.73 bits per heavy atom. The Morgan fingerprint density at radius 1 is 1.27 bits per heavy atom. The molecule has 3 nitrogen and oxygen atoms in total. The maximum atomic E-state index is 9.35. The first-order valence-corrected chi connectivity index (χ1v) is 3.97. The molecule has 1 N–H and O–H groups in total. The minimum atomic E-state index is 0.0949. The summed E-state index contributed by atoms with van der Waals surface area (Å²) in [6, 6.07) is 0.334. The second-order valence-corrected chi connectivity index (χ2v) is 3.21. The van der Waals surface area contributed by atoms with Gasteiger partial charge in [0.05, 0.1) is 6.04 Å². The molecule has 0 spiro atoms. The summed E-state index contributed by atoms with van der Waals surface area (Å²) in [7, 11) is 0. The average molecular weight is 158 g/mol. The van der Waals surface area contributed by atoms with Gasteiger partial charge in [0.1, 0.15) is 5.84 Å². The first-order chi connectivity index (χ1) is 4.95. The van der Waals surface area contributed by atoms with Crippen LogP contribution in [0.15, 0.2) is 4.99 Å². The van der Waals surface area contributed by atoms with Crippen LogP contribution in [-0.2, 0) is 0 Å². The van der Waals surface area contributed by atoms with Crippen LogP contribution >= 0.6 is 0 Å². The van der Waals surface area contributed by atoms with Crippen LogP contribution in [0.3, 0.4) is 0 Å². The molecule has 3 heteroatoms. The van der Waals surface area contributed by atoms with Gasteiger partial charge in [-0.1, -0.05) is 0 Å². The number of hydroxylamine groups is 2. The summed E-state index contributed by atoms with van der Waals surface area (Å²) in [4.78, 5) is 4.19. The molecule has 0 aliphatic heterocycles. The van der Waals surface area contributed by atoms with E-state index in [-0.39, 0.29) is 12.1 Å². The minimum Gasteiger partial charge on any atom is -0.287 e. The lowest BCUT2D eigenvalue weighted by Crippen LogP contribution is -2.32. The van der Waals surface area contributed by atoms with Gasteiger partial charge in [0.15, 0.2) is 0 Å². The van der Waals surface area contributed by atoms with E-state index in [1.165, 1.54) is 5.06 Å². The quantitative estimate of drug-likeness (QED) is 0.378. The fourth-order valence-electron chi connectivity index (χ4n) is 0.806. The van der Waals surface area contributed by atoms with Gasteiger partial charge in [0, 0.05) is 6.04 Å². The third kappa shape index (κ3) is 3.98. The van der Waals surface area contributed by atoms with Crippen LogP contribution in [-0.4, -0.2) is 28.2 Å². The van der Waals surface area contributed by atoms with Crippen LogP contribution in [0.2, 0.25) is 0 Å². The van der Waals surface area contributed by atoms with Crippen LogP contribution in [0.5, 0.6) is 0 Å². The van der Waals surface area contributed by atoms with Crippen molar-refractivity contribution in [2.24, 2.45) is 4.99 Å². The smallest absolute Gasteiger partial charge is 0.121 e. The molecular weight excluding hydrogens is 140 g/mol. The van der Waals surface area contributed by atoms with Crippen molar-refractivity contribution < 1.29 is 5.21 Å². The van der Waals surface area contributed by atoms with Gasteiger partial charge in [-0.25, -0.2) is 5.06 Å². The Labute approximate surface area is 68.7 Å². The van der Waals surface area contributed by atoms with E-state index in [1.54, 1.807) is 6.92 Å². The van der Waals surface area contributed by atoms with E-state index in [0.29, 0.717) is 5.84 Å². The number of aliphatic imine (C=N–C) groups is 1. The Bertz CT molecular complexity index is 141. The maximum absolute atomic E-state index is 9.35. The zero-order chi connectivity index (χ0) is 9.02. The summed E-state index contributed by atoms with van der Waals surface area (Å²) in [5.74, 6) is 0.676. The molecule has 0 aromatic heterocycles. The predicted molar refractivity (Wildman–Crippen MR) is 47.0 cm³/mol. The van der Waals surface area contributed by atoms with Gasteiger partial charge >= 0.3 is 0 Å². The highest BCUT2D eigenvalue weighted by molar-refractivity contribution is 5.78. The summed E-state index contributed by atoms with van der Waals surface area (Å²) in [6.07, 6.45) is 0. The monoisotopic (exact) mass is 158 g/mol. The summed E-state index contributed by atoms with van der Waals surface area (Å²) >= 11 is 0. The molecule has 0 aromatic rings. The van der Waals surface area contributed by atoms with Crippen LogP contribution in [0.1, 0.15) is 34.6 Å². The van der Waals surface area contributed by atoms with Crippen molar-refractivity contribution in [2.75, 3.05) is 0 Å². The molecule has 0 fully saturated rings. The van der Waals surface area contributed by atoms with Crippen molar-refractivity contribution in [2.45, 2.75) is 46.7 Å². The van der Waals surface area contributed by atoms with E-state index >= 15 is 0 Å². The molecule has 0 bridgehead atoms. The third-order valence-corrected chi connectivity index (χ3v) is 1.27. The van der Waals surface area contributed by atoms with E-state index in [1.807, 2.05) is 27.7 Å². The van der Waals surface area contributed by atoms with Crippen molar-refractivity contribution >= 4 is 5.84 Å². The second-order valence-electron chi connectivity index (χ2n) is 3.21. The van der Waals surface area contributed by atoms with Crippen LogP contribution in [0.25, 0.3) is 0 Å². The van der Waals surface area contributed by atoms with Gasteiger partial charge in [-0.3, -0.25) is 10.2 Å². The zero-order valence-corrected chi connectivity index (χ0v) is 8.00. The lowest BCUT2D eigenvalue weighted by Gasteiger charge is -2.20. The highest BCUT2D eigenvalue weighted by atomic mass is 16.5.